The number of aliphatic imine (C=N–C) groups is 2. The number of aromatic nitrogens is 2. The van der Waals surface area contributed by atoms with Crippen LogP contribution in [0.25, 0.3) is 0 Å². The maximum absolute atomic E-state index is 4.24. The smallest absolute Gasteiger partial charge is 0.100 e. The molecule has 0 fully saturated rings. The third kappa shape index (κ3) is 6.40. The van der Waals surface area contributed by atoms with E-state index in [0.717, 1.165) is 11.4 Å². The minimum Gasteiger partial charge on any atom is -0.287 e. The number of nitrogens with zero attached hydrogens (tertiary/aromatic N) is 4. The zero-order valence-electron chi connectivity index (χ0n) is 12.1. The molecule has 0 bridgehead atoms. The van der Waals surface area contributed by atoms with E-state index in [-0.39, 0.29) is 0 Å². The summed E-state index contributed by atoms with van der Waals surface area (Å²) in [5.41, 5.74) is 1.69. The van der Waals surface area contributed by atoms with Crippen LogP contribution in [0.3, 0.4) is 0 Å². The van der Waals surface area contributed by atoms with Gasteiger partial charge in [-0.3, -0.25) is 20.0 Å². The fraction of sp³-hybridized carbons (Fsp3) is 0.111. The van der Waals surface area contributed by atoms with Crippen LogP contribution in [0.2, 0.25) is 0 Å². The van der Waals surface area contributed by atoms with E-state index in [1.807, 2.05) is 42.5 Å². The molecule has 2 heterocycles. The van der Waals surface area contributed by atoms with Crippen LogP contribution in [0.5, 0.6) is 0 Å². The number of allylic oxidation sites excluding steroid dienone is 1. The van der Waals surface area contributed by atoms with Gasteiger partial charge in [0.1, 0.15) is 6.54 Å². The molecule has 0 spiro atoms. The molecule has 0 aliphatic carbocycles. The minimum absolute atomic E-state index is 0.456. The second kappa shape index (κ2) is 9.78. The molecular weight excluding hydrogens is 272 g/mol. The number of pyridine rings is 2. The molecule has 108 valence electrons. The first-order chi connectivity index (χ1) is 10.9. The highest BCUT2D eigenvalue weighted by atomic mass is 14.7. The SMILES string of the molecule is C(#CC/N=C\c1ccccn1)/C=C\C/N=C\c1ccccn1. The van der Waals surface area contributed by atoms with Crippen molar-refractivity contribution in [2.24, 2.45) is 9.98 Å². The van der Waals surface area contributed by atoms with E-state index in [1.54, 1.807) is 30.9 Å². The molecule has 0 atom stereocenters. The first-order valence-corrected chi connectivity index (χ1v) is 6.90. The second-order valence-corrected chi connectivity index (χ2v) is 4.20. The summed E-state index contributed by atoms with van der Waals surface area (Å²) in [6.45, 7) is 1.04. The van der Waals surface area contributed by atoms with Gasteiger partial charge in [-0.15, -0.1) is 0 Å². The van der Waals surface area contributed by atoms with Gasteiger partial charge in [0.2, 0.25) is 0 Å². The summed E-state index contributed by atoms with van der Waals surface area (Å²) < 4.78 is 0. The maximum Gasteiger partial charge on any atom is 0.100 e. The zero-order valence-corrected chi connectivity index (χ0v) is 12.1. The van der Waals surface area contributed by atoms with Gasteiger partial charge in [0.25, 0.3) is 0 Å². The van der Waals surface area contributed by atoms with E-state index >= 15 is 0 Å². The van der Waals surface area contributed by atoms with Crippen molar-refractivity contribution in [1.82, 2.24) is 9.97 Å². The van der Waals surface area contributed by atoms with Gasteiger partial charge >= 0.3 is 0 Å². The van der Waals surface area contributed by atoms with Crippen LogP contribution in [-0.4, -0.2) is 35.5 Å². The third-order valence-electron chi connectivity index (χ3n) is 2.51. The summed E-state index contributed by atoms with van der Waals surface area (Å²) in [5.74, 6) is 5.85. The molecule has 0 unspecified atom stereocenters. The van der Waals surface area contributed by atoms with Gasteiger partial charge in [-0.2, -0.15) is 0 Å². The second-order valence-electron chi connectivity index (χ2n) is 4.20. The Kier molecular flexibility index (Phi) is 6.82. The Morgan fingerprint density at radius 2 is 1.59 bits per heavy atom. The van der Waals surface area contributed by atoms with Crippen LogP contribution < -0.4 is 0 Å². The lowest BCUT2D eigenvalue weighted by Crippen LogP contribution is -1.86. The molecule has 22 heavy (non-hydrogen) atoms. The molecule has 0 N–H and O–H groups in total. The Morgan fingerprint density at radius 1 is 0.909 bits per heavy atom. The van der Waals surface area contributed by atoms with Gasteiger partial charge in [-0.05, 0) is 30.3 Å². The van der Waals surface area contributed by atoms with E-state index < -0.39 is 0 Å². The lowest BCUT2D eigenvalue weighted by Gasteiger charge is -1.88. The summed E-state index contributed by atoms with van der Waals surface area (Å²) in [7, 11) is 0. The Morgan fingerprint density at radius 3 is 2.23 bits per heavy atom. The summed E-state index contributed by atoms with van der Waals surface area (Å²) in [6.07, 6.45) is 10.6. The van der Waals surface area contributed by atoms with Crippen molar-refractivity contribution in [2.45, 2.75) is 0 Å². The van der Waals surface area contributed by atoms with E-state index in [9.17, 15) is 0 Å². The Hall–Kier alpha value is -3.06. The molecule has 4 heteroatoms. The van der Waals surface area contributed by atoms with Crippen LogP contribution in [0.1, 0.15) is 11.4 Å². The van der Waals surface area contributed by atoms with Gasteiger partial charge in [0, 0.05) is 24.8 Å². The van der Waals surface area contributed by atoms with Crippen LogP contribution in [0.15, 0.2) is 70.9 Å². The summed E-state index contributed by atoms with van der Waals surface area (Å²) in [6, 6.07) is 11.4. The summed E-state index contributed by atoms with van der Waals surface area (Å²) in [4.78, 5) is 16.7. The highest BCUT2D eigenvalue weighted by Crippen LogP contribution is 1.89. The van der Waals surface area contributed by atoms with Gasteiger partial charge < -0.3 is 0 Å². The normalized spacial score (nSPS) is 11.1. The monoisotopic (exact) mass is 288 g/mol. The molecule has 0 radical (unpaired) electrons. The minimum atomic E-state index is 0.456. The summed E-state index contributed by atoms with van der Waals surface area (Å²) >= 11 is 0. The Bertz CT molecular complexity index is 692. The highest BCUT2D eigenvalue weighted by Gasteiger charge is 1.83. The molecule has 0 saturated carbocycles. The number of rotatable bonds is 5. The van der Waals surface area contributed by atoms with Crippen molar-refractivity contribution in [1.29, 1.82) is 0 Å². The van der Waals surface area contributed by atoms with Crippen molar-refractivity contribution in [3.63, 3.8) is 0 Å². The molecule has 0 amide bonds. The first kappa shape index (κ1) is 15.3. The Balaban J connectivity index is 1.66. The highest BCUT2D eigenvalue weighted by molar-refractivity contribution is 5.77. The molecule has 2 aromatic rings. The van der Waals surface area contributed by atoms with Gasteiger partial charge in [-0.1, -0.05) is 30.0 Å². The van der Waals surface area contributed by atoms with Crippen molar-refractivity contribution in [2.75, 3.05) is 13.1 Å². The topological polar surface area (TPSA) is 50.5 Å². The largest absolute Gasteiger partial charge is 0.287 e. The third-order valence-corrected chi connectivity index (χ3v) is 2.51. The van der Waals surface area contributed by atoms with Gasteiger partial charge in [0.15, 0.2) is 0 Å². The maximum atomic E-state index is 4.24. The molecule has 0 aromatic carbocycles. The van der Waals surface area contributed by atoms with Crippen LogP contribution >= 0.6 is 0 Å². The van der Waals surface area contributed by atoms with Crippen molar-refractivity contribution in [3.8, 4) is 11.8 Å². The molecule has 0 aliphatic rings. The Labute approximate surface area is 130 Å². The standard InChI is InChI=1S/C18H16N4/c1(5-11-19-15-17-9-3-7-13-21-17)2-6-12-20-16-18-10-4-8-14-22-18/h1,3-5,7-10,13-16H,11-12H2/b5-1-,19-15-,20-16-. The number of hydrogen-bond acceptors (Lipinski definition) is 4. The van der Waals surface area contributed by atoms with Crippen LogP contribution in [0.4, 0.5) is 0 Å². The molecule has 2 rings (SSSR count). The van der Waals surface area contributed by atoms with E-state index in [1.165, 1.54) is 0 Å². The van der Waals surface area contributed by atoms with Gasteiger partial charge in [0.05, 0.1) is 17.9 Å². The van der Waals surface area contributed by atoms with E-state index in [2.05, 4.69) is 31.8 Å². The average molecular weight is 288 g/mol. The average Bonchev–Trinajstić information content (AvgIpc) is 2.58. The lowest BCUT2D eigenvalue weighted by atomic mass is 10.4. The lowest BCUT2D eigenvalue weighted by molar-refractivity contribution is 1.23. The van der Waals surface area contributed by atoms with E-state index in [0.29, 0.717) is 13.1 Å². The summed E-state index contributed by atoms with van der Waals surface area (Å²) in [5, 5.41) is 0. The number of hydrogen-bond donors (Lipinski definition) is 0. The van der Waals surface area contributed by atoms with Crippen molar-refractivity contribution in [3.05, 3.63) is 72.3 Å². The van der Waals surface area contributed by atoms with Crippen LogP contribution in [-0.2, 0) is 0 Å². The molecule has 0 aliphatic heterocycles. The predicted molar refractivity (Wildman–Crippen MR) is 90.3 cm³/mol. The fourth-order valence-corrected chi connectivity index (χ4v) is 1.51. The zero-order chi connectivity index (χ0) is 15.3. The predicted octanol–water partition coefficient (Wildman–Crippen LogP) is 2.57. The molecule has 0 saturated heterocycles. The molecule has 2 aromatic heterocycles. The van der Waals surface area contributed by atoms with Gasteiger partial charge in [-0.25, -0.2) is 0 Å². The van der Waals surface area contributed by atoms with Crippen molar-refractivity contribution < 1.29 is 0 Å². The first-order valence-electron chi connectivity index (χ1n) is 6.90. The van der Waals surface area contributed by atoms with E-state index in [4.69, 9.17) is 0 Å². The molecular formula is C18H16N4. The van der Waals surface area contributed by atoms with Crippen molar-refractivity contribution >= 4 is 12.4 Å². The quantitative estimate of drug-likeness (QED) is 0.627. The fourth-order valence-electron chi connectivity index (χ4n) is 1.51. The molecule has 4 nitrogen and oxygen atoms in total. The van der Waals surface area contributed by atoms with Crippen LogP contribution in [0, 0.1) is 11.8 Å².